The van der Waals surface area contributed by atoms with E-state index in [4.69, 9.17) is 14.2 Å². The van der Waals surface area contributed by atoms with Gasteiger partial charge in [0.15, 0.2) is 11.5 Å². The van der Waals surface area contributed by atoms with Gasteiger partial charge in [-0.1, -0.05) is 6.07 Å². The fraction of sp³-hybridized carbons (Fsp3) is 0.263. The highest BCUT2D eigenvalue weighted by Crippen LogP contribution is 2.38. The average Bonchev–Trinajstić information content (AvgIpc) is 2.65. The third-order valence-corrected chi connectivity index (χ3v) is 3.62. The molecule has 0 saturated heterocycles. The third-order valence-electron chi connectivity index (χ3n) is 3.62. The van der Waals surface area contributed by atoms with E-state index in [-0.39, 0.29) is 5.91 Å². The van der Waals surface area contributed by atoms with E-state index in [9.17, 15) is 4.79 Å². The predicted octanol–water partition coefficient (Wildman–Crippen LogP) is 2.78. The molecule has 0 saturated carbocycles. The number of carbonyl (C=O) groups excluding carboxylic acids is 1. The van der Waals surface area contributed by atoms with Gasteiger partial charge in [0.2, 0.25) is 11.7 Å². The first-order chi connectivity index (χ1) is 12.1. The molecule has 132 valence electrons. The van der Waals surface area contributed by atoms with Gasteiger partial charge in [0.25, 0.3) is 0 Å². The molecule has 6 nitrogen and oxygen atoms in total. The molecule has 0 N–H and O–H groups in total. The summed E-state index contributed by atoms with van der Waals surface area (Å²) in [6, 6.07) is 7.34. The lowest BCUT2D eigenvalue weighted by atomic mass is 10.1. The van der Waals surface area contributed by atoms with E-state index in [2.05, 4.69) is 4.98 Å². The smallest absolute Gasteiger partial charge is 0.246 e. The first-order valence-corrected chi connectivity index (χ1v) is 7.71. The number of pyridine rings is 1. The second-order valence-electron chi connectivity index (χ2n) is 5.35. The Bertz CT molecular complexity index is 719. The van der Waals surface area contributed by atoms with Crippen LogP contribution in [0.3, 0.4) is 0 Å². The summed E-state index contributed by atoms with van der Waals surface area (Å²) in [6.07, 6.45) is 6.67. The van der Waals surface area contributed by atoms with Crippen molar-refractivity contribution in [3.8, 4) is 17.2 Å². The van der Waals surface area contributed by atoms with Crippen molar-refractivity contribution in [3.63, 3.8) is 0 Å². The quantitative estimate of drug-likeness (QED) is 0.724. The molecule has 25 heavy (non-hydrogen) atoms. The summed E-state index contributed by atoms with van der Waals surface area (Å²) < 4.78 is 15.9. The highest BCUT2D eigenvalue weighted by atomic mass is 16.5. The Morgan fingerprint density at radius 2 is 1.84 bits per heavy atom. The van der Waals surface area contributed by atoms with Gasteiger partial charge in [0, 0.05) is 32.1 Å². The first-order valence-electron chi connectivity index (χ1n) is 7.71. The fourth-order valence-electron chi connectivity index (χ4n) is 2.34. The largest absolute Gasteiger partial charge is 0.493 e. The van der Waals surface area contributed by atoms with Crippen molar-refractivity contribution in [1.82, 2.24) is 9.88 Å². The summed E-state index contributed by atoms with van der Waals surface area (Å²) in [7, 11) is 6.40. The Kier molecular flexibility index (Phi) is 6.39. The van der Waals surface area contributed by atoms with E-state index in [1.807, 2.05) is 12.1 Å². The maximum Gasteiger partial charge on any atom is 0.246 e. The Labute approximate surface area is 147 Å². The molecule has 0 aliphatic rings. The molecule has 0 aliphatic heterocycles. The predicted molar refractivity (Wildman–Crippen MR) is 95.8 cm³/mol. The van der Waals surface area contributed by atoms with Crippen LogP contribution in [0.15, 0.2) is 42.7 Å². The summed E-state index contributed by atoms with van der Waals surface area (Å²) >= 11 is 0. The van der Waals surface area contributed by atoms with Crippen LogP contribution >= 0.6 is 0 Å². The lowest BCUT2D eigenvalue weighted by Crippen LogP contribution is -2.24. The van der Waals surface area contributed by atoms with Gasteiger partial charge >= 0.3 is 0 Å². The van der Waals surface area contributed by atoms with E-state index < -0.39 is 0 Å². The fourth-order valence-corrected chi connectivity index (χ4v) is 2.34. The molecule has 1 aromatic carbocycles. The topological polar surface area (TPSA) is 60.9 Å². The van der Waals surface area contributed by atoms with E-state index in [0.717, 1.165) is 11.1 Å². The standard InChI is InChI=1S/C19H22N2O4/c1-21(13-15-6-5-9-20-12-15)18(22)8-7-14-10-16(23-2)19(25-4)17(11-14)24-3/h5-12H,13H2,1-4H3/b8-7+. The van der Waals surface area contributed by atoms with Crippen molar-refractivity contribution in [2.24, 2.45) is 0 Å². The number of aromatic nitrogens is 1. The number of carbonyl (C=O) groups is 1. The highest BCUT2D eigenvalue weighted by Gasteiger charge is 2.12. The molecule has 1 amide bonds. The van der Waals surface area contributed by atoms with E-state index in [1.165, 1.54) is 6.08 Å². The second kappa shape index (κ2) is 8.73. The molecule has 1 aromatic heterocycles. The molecule has 6 heteroatoms. The van der Waals surface area contributed by atoms with Gasteiger partial charge in [-0.3, -0.25) is 9.78 Å². The van der Waals surface area contributed by atoms with Gasteiger partial charge < -0.3 is 19.1 Å². The summed E-state index contributed by atoms with van der Waals surface area (Å²) in [5.74, 6) is 1.48. The number of methoxy groups -OCH3 is 3. The van der Waals surface area contributed by atoms with Gasteiger partial charge in [0.1, 0.15) is 0 Å². The maximum absolute atomic E-state index is 12.3. The van der Waals surface area contributed by atoms with Crippen LogP contribution in [0.5, 0.6) is 17.2 Å². The first kappa shape index (κ1) is 18.3. The molecule has 1 heterocycles. The third kappa shape index (κ3) is 4.73. The molecule has 0 atom stereocenters. The monoisotopic (exact) mass is 342 g/mol. The van der Waals surface area contributed by atoms with Crippen LogP contribution in [0.4, 0.5) is 0 Å². The molecule has 0 spiro atoms. The summed E-state index contributed by atoms with van der Waals surface area (Å²) in [5.41, 5.74) is 1.75. The number of hydrogen-bond acceptors (Lipinski definition) is 5. The summed E-state index contributed by atoms with van der Waals surface area (Å²) in [4.78, 5) is 18.0. The number of amides is 1. The highest BCUT2D eigenvalue weighted by molar-refractivity contribution is 5.91. The van der Waals surface area contributed by atoms with Gasteiger partial charge in [-0.15, -0.1) is 0 Å². The summed E-state index contributed by atoms with van der Waals surface area (Å²) in [5, 5.41) is 0. The van der Waals surface area contributed by atoms with E-state index >= 15 is 0 Å². The minimum Gasteiger partial charge on any atom is -0.493 e. The normalized spacial score (nSPS) is 10.6. The molecule has 0 unspecified atom stereocenters. The van der Waals surface area contributed by atoms with Crippen LogP contribution in [-0.2, 0) is 11.3 Å². The zero-order chi connectivity index (χ0) is 18.2. The van der Waals surface area contributed by atoms with Crippen molar-refractivity contribution in [1.29, 1.82) is 0 Å². The SMILES string of the molecule is COc1cc(/C=C/C(=O)N(C)Cc2cccnc2)cc(OC)c1OC. The van der Waals surface area contributed by atoms with Crippen molar-refractivity contribution in [2.45, 2.75) is 6.54 Å². The van der Waals surface area contributed by atoms with Crippen molar-refractivity contribution < 1.29 is 19.0 Å². The minimum atomic E-state index is -0.113. The average molecular weight is 342 g/mol. The lowest BCUT2D eigenvalue weighted by molar-refractivity contribution is -0.125. The zero-order valence-electron chi connectivity index (χ0n) is 14.9. The molecule has 0 fully saturated rings. The maximum atomic E-state index is 12.3. The Hall–Kier alpha value is -3.02. The van der Waals surface area contributed by atoms with Crippen molar-refractivity contribution >= 4 is 12.0 Å². The van der Waals surface area contributed by atoms with Crippen LogP contribution < -0.4 is 14.2 Å². The molecule has 0 bridgehead atoms. The number of likely N-dealkylation sites (N-methyl/N-ethyl adjacent to an activating group) is 1. The molecular weight excluding hydrogens is 320 g/mol. The van der Waals surface area contributed by atoms with Gasteiger partial charge in [-0.25, -0.2) is 0 Å². The Balaban J connectivity index is 2.13. The van der Waals surface area contributed by atoms with Crippen LogP contribution in [0.2, 0.25) is 0 Å². The van der Waals surface area contributed by atoms with Crippen LogP contribution in [-0.4, -0.2) is 44.2 Å². The Morgan fingerprint density at radius 3 is 2.36 bits per heavy atom. The lowest BCUT2D eigenvalue weighted by Gasteiger charge is -2.15. The molecule has 2 rings (SSSR count). The van der Waals surface area contributed by atoms with E-state index in [1.54, 1.807) is 63.9 Å². The number of ether oxygens (including phenoxy) is 3. The minimum absolute atomic E-state index is 0.113. The number of hydrogen-bond donors (Lipinski definition) is 0. The van der Waals surface area contributed by atoms with Gasteiger partial charge in [-0.05, 0) is 35.4 Å². The van der Waals surface area contributed by atoms with Gasteiger partial charge in [-0.2, -0.15) is 0 Å². The van der Waals surface area contributed by atoms with Gasteiger partial charge in [0.05, 0.1) is 21.3 Å². The molecular formula is C19H22N2O4. The zero-order valence-corrected chi connectivity index (χ0v) is 14.9. The van der Waals surface area contributed by atoms with E-state index in [0.29, 0.717) is 23.8 Å². The Morgan fingerprint density at radius 1 is 1.16 bits per heavy atom. The van der Waals surface area contributed by atoms with Crippen LogP contribution in [0, 0.1) is 0 Å². The molecule has 0 aliphatic carbocycles. The van der Waals surface area contributed by atoms with Crippen LogP contribution in [0.1, 0.15) is 11.1 Å². The second-order valence-corrected chi connectivity index (χ2v) is 5.35. The van der Waals surface area contributed by atoms with Crippen molar-refractivity contribution in [3.05, 3.63) is 53.9 Å². The number of rotatable bonds is 7. The number of benzene rings is 1. The molecule has 0 radical (unpaired) electrons. The van der Waals surface area contributed by atoms with Crippen molar-refractivity contribution in [2.75, 3.05) is 28.4 Å². The molecule has 2 aromatic rings. The summed E-state index contributed by atoms with van der Waals surface area (Å²) in [6.45, 7) is 0.492. The number of nitrogens with zero attached hydrogens (tertiary/aromatic N) is 2. The van der Waals surface area contributed by atoms with Crippen LogP contribution in [0.25, 0.3) is 6.08 Å².